The van der Waals surface area contributed by atoms with Crippen LogP contribution in [-0.2, 0) is 22.4 Å². The van der Waals surface area contributed by atoms with E-state index in [4.69, 9.17) is 23.2 Å². The maximum atomic E-state index is 5.70. The Kier molecular flexibility index (Phi) is 3.09. The number of hydrogen-bond donors (Lipinski definition) is 1. The van der Waals surface area contributed by atoms with Gasteiger partial charge in [0, 0.05) is 0 Å². The predicted molar refractivity (Wildman–Crippen MR) is 41.7 cm³/mol. The van der Waals surface area contributed by atoms with Gasteiger partial charge in [-0.3, -0.25) is 0 Å². The first-order valence-corrected chi connectivity index (χ1v) is 3.55. The van der Waals surface area contributed by atoms with Crippen LogP contribution in [0.1, 0.15) is 0 Å². The maximum Gasteiger partial charge on any atom is 1.00 e. The summed E-state index contributed by atoms with van der Waals surface area (Å²) in [6.07, 6.45) is 1.49. The molecule has 12 heavy (non-hydrogen) atoms. The van der Waals surface area contributed by atoms with E-state index >= 15 is 0 Å². The first kappa shape index (κ1) is 9.95. The molecule has 0 spiro atoms. The molecule has 0 saturated carbocycles. The van der Waals surface area contributed by atoms with E-state index < -0.39 is 0 Å². The van der Waals surface area contributed by atoms with Crippen molar-refractivity contribution in [1.82, 2.24) is 19.9 Å². The molecule has 1 N–H and O–H groups in total. The van der Waals surface area contributed by atoms with Gasteiger partial charge < -0.3 is 4.98 Å². The SMILES string of the molecule is Clc1nc(Cl)c2[nH]cnc2n1.[Ag+]. The van der Waals surface area contributed by atoms with Gasteiger partial charge in [0.2, 0.25) is 5.28 Å². The number of imidazole rings is 1. The van der Waals surface area contributed by atoms with Gasteiger partial charge in [0.05, 0.1) is 6.33 Å². The van der Waals surface area contributed by atoms with Crippen LogP contribution in [0.5, 0.6) is 0 Å². The van der Waals surface area contributed by atoms with Crippen LogP contribution in [0, 0.1) is 0 Å². The molecule has 0 aliphatic rings. The number of nitrogens with one attached hydrogen (secondary N) is 1. The third-order valence-electron chi connectivity index (χ3n) is 1.21. The Morgan fingerprint density at radius 3 is 2.75 bits per heavy atom. The number of rotatable bonds is 0. The van der Waals surface area contributed by atoms with Crippen molar-refractivity contribution in [3.8, 4) is 0 Å². The minimum atomic E-state index is 0. The normalized spacial score (nSPS) is 9.83. The van der Waals surface area contributed by atoms with Crippen LogP contribution in [0.3, 0.4) is 0 Å². The molecule has 7 heteroatoms. The number of halogens is 2. The van der Waals surface area contributed by atoms with Crippen LogP contribution in [0.2, 0.25) is 10.4 Å². The monoisotopic (exact) mass is 295 g/mol. The summed E-state index contributed by atoms with van der Waals surface area (Å²) in [6, 6.07) is 0. The number of aromatic amines is 1. The zero-order valence-corrected chi connectivity index (χ0v) is 8.47. The molecule has 2 rings (SSSR count). The minimum absolute atomic E-state index is 0. The van der Waals surface area contributed by atoms with E-state index in [-0.39, 0.29) is 32.8 Å². The fourth-order valence-electron chi connectivity index (χ4n) is 0.773. The summed E-state index contributed by atoms with van der Waals surface area (Å²) in [5.41, 5.74) is 1.09. The van der Waals surface area contributed by atoms with Crippen molar-refractivity contribution < 1.29 is 22.4 Å². The molecular weight excluding hydrogens is 295 g/mol. The topological polar surface area (TPSA) is 54.5 Å². The number of aromatic nitrogens is 4. The molecule has 2 aromatic heterocycles. The summed E-state index contributed by atoms with van der Waals surface area (Å²) in [7, 11) is 0. The van der Waals surface area contributed by atoms with Gasteiger partial charge in [-0.1, -0.05) is 11.6 Å². The summed E-state index contributed by atoms with van der Waals surface area (Å²) < 4.78 is 0. The second-order valence-electron chi connectivity index (χ2n) is 1.88. The molecule has 0 atom stereocenters. The third kappa shape index (κ3) is 1.62. The Morgan fingerprint density at radius 2 is 2.00 bits per heavy atom. The van der Waals surface area contributed by atoms with Gasteiger partial charge >= 0.3 is 22.4 Å². The van der Waals surface area contributed by atoms with Crippen LogP contribution in [0.15, 0.2) is 6.33 Å². The zero-order chi connectivity index (χ0) is 7.84. The Labute approximate surface area is 93.2 Å². The van der Waals surface area contributed by atoms with Gasteiger partial charge in [0.15, 0.2) is 10.8 Å². The second kappa shape index (κ2) is 3.72. The van der Waals surface area contributed by atoms with E-state index in [1.807, 2.05) is 0 Å². The summed E-state index contributed by atoms with van der Waals surface area (Å²) in [4.78, 5) is 14.2. The van der Waals surface area contributed by atoms with Crippen LogP contribution < -0.4 is 0 Å². The van der Waals surface area contributed by atoms with E-state index in [0.29, 0.717) is 11.2 Å². The zero-order valence-electron chi connectivity index (χ0n) is 5.48. The van der Waals surface area contributed by atoms with Crippen LogP contribution in [0.4, 0.5) is 0 Å². The number of nitrogens with zero attached hydrogens (tertiary/aromatic N) is 3. The van der Waals surface area contributed by atoms with Crippen molar-refractivity contribution in [2.45, 2.75) is 0 Å². The van der Waals surface area contributed by atoms with E-state index in [1.54, 1.807) is 0 Å². The van der Waals surface area contributed by atoms with Gasteiger partial charge in [-0.25, -0.2) is 9.97 Å². The van der Waals surface area contributed by atoms with E-state index in [2.05, 4.69) is 19.9 Å². The first-order valence-electron chi connectivity index (χ1n) is 2.79. The Hall–Kier alpha value is -0.130. The van der Waals surface area contributed by atoms with Crippen molar-refractivity contribution in [3.05, 3.63) is 16.8 Å². The van der Waals surface area contributed by atoms with Crippen molar-refractivity contribution >= 4 is 34.4 Å². The minimum Gasteiger partial charge on any atom is -0.341 e. The molecule has 0 amide bonds. The molecule has 0 aliphatic carbocycles. The van der Waals surface area contributed by atoms with Crippen molar-refractivity contribution in [3.63, 3.8) is 0 Å². The van der Waals surface area contributed by atoms with Gasteiger partial charge in [-0.05, 0) is 11.6 Å². The number of H-pyrrole nitrogens is 1. The van der Waals surface area contributed by atoms with Crippen LogP contribution in [-0.4, -0.2) is 19.9 Å². The quantitative estimate of drug-likeness (QED) is 0.457. The molecule has 4 nitrogen and oxygen atoms in total. The summed E-state index contributed by atoms with van der Waals surface area (Å²) >= 11 is 11.2. The van der Waals surface area contributed by atoms with Crippen molar-refractivity contribution in [2.75, 3.05) is 0 Å². The van der Waals surface area contributed by atoms with Gasteiger partial charge in [-0.15, -0.1) is 0 Å². The molecule has 0 aliphatic heterocycles. The third-order valence-corrected chi connectivity index (χ3v) is 1.66. The Morgan fingerprint density at radius 1 is 1.25 bits per heavy atom. The smallest absolute Gasteiger partial charge is 0.341 e. The molecule has 2 heterocycles. The molecule has 0 radical (unpaired) electrons. The summed E-state index contributed by atoms with van der Waals surface area (Å²) in [6.45, 7) is 0. The fourth-order valence-corrected chi connectivity index (χ4v) is 1.20. The number of hydrogen-bond acceptors (Lipinski definition) is 3. The average molecular weight is 297 g/mol. The molecule has 0 bridgehead atoms. The van der Waals surface area contributed by atoms with Crippen LogP contribution >= 0.6 is 23.2 Å². The predicted octanol–water partition coefficient (Wildman–Crippen LogP) is 1.66. The molecule has 0 fully saturated rings. The van der Waals surface area contributed by atoms with E-state index in [0.717, 1.165) is 0 Å². The van der Waals surface area contributed by atoms with Crippen LogP contribution in [0.25, 0.3) is 11.2 Å². The van der Waals surface area contributed by atoms with E-state index in [1.165, 1.54) is 6.33 Å². The molecule has 0 saturated heterocycles. The molecule has 66 valence electrons. The standard InChI is InChI=1S/C5H2Cl2N4.Ag/c6-3-2-4(9-1-8-2)11-5(7)10-3;/h1H,(H,8,9,10,11);/q;+1. The van der Waals surface area contributed by atoms with E-state index in [9.17, 15) is 0 Å². The van der Waals surface area contributed by atoms with Gasteiger partial charge in [0.25, 0.3) is 0 Å². The number of fused-ring (bicyclic) bond motifs is 1. The molecule has 0 unspecified atom stereocenters. The van der Waals surface area contributed by atoms with Gasteiger partial charge in [-0.2, -0.15) is 4.98 Å². The Bertz CT molecular complexity index is 401. The second-order valence-corrected chi connectivity index (χ2v) is 2.58. The summed E-state index contributed by atoms with van der Waals surface area (Å²) in [5.74, 6) is 0. The Balaban J connectivity index is 0.000000720. The average Bonchev–Trinajstić information content (AvgIpc) is 2.34. The maximum absolute atomic E-state index is 5.70. The first-order chi connectivity index (χ1) is 5.27. The molecule has 0 aromatic carbocycles. The molecular formula is C5H2AgCl2N4+. The van der Waals surface area contributed by atoms with Crippen molar-refractivity contribution in [1.29, 1.82) is 0 Å². The largest absolute Gasteiger partial charge is 1.00 e. The van der Waals surface area contributed by atoms with Gasteiger partial charge in [0.1, 0.15) is 5.52 Å². The fraction of sp³-hybridized carbons (Fsp3) is 0. The summed E-state index contributed by atoms with van der Waals surface area (Å²) in [5, 5.41) is 0.395. The van der Waals surface area contributed by atoms with Crippen molar-refractivity contribution in [2.24, 2.45) is 0 Å². The molecule has 2 aromatic rings.